The molecular formula is C19H14I2N2S2. The minimum absolute atomic E-state index is 0.192. The summed E-state index contributed by atoms with van der Waals surface area (Å²) in [6.07, 6.45) is 4.65. The van der Waals surface area contributed by atoms with Crippen LogP contribution >= 0.6 is 67.9 Å². The van der Waals surface area contributed by atoms with Gasteiger partial charge in [0, 0.05) is 20.9 Å². The van der Waals surface area contributed by atoms with Gasteiger partial charge in [0.2, 0.25) is 0 Å². The van der Waals surface area contributed by atoms with Crippen molar-refractivity contribution in [2.75, 3.05) is 0 Å². The molecule has 1 saturated carbocycles. The summed E-state index contributed by atoms with van der Waals surface area (Å²) in [4.78, 5) is 13.0. The van der Waals surface area contributed by atoms with Crippen molar-refractivity contribution in [2.45, 2.75) is 31.3 Å². The van der Waals surface area contributed by atoms with E-state index in [0.717, 1.165) is 23.6 Å². The number of nitrogens with zero attached hydrogens (tertiary/aromatic N) is 2. The average Bonchev–Trinajstić information content (AvgIpc) is 3.35. The first kappa shape index (κ1) is 16.8. The molecule has 3 heterocycles. The second-order valence-corrected chi connectivity index (χ2v) is 12.4. The molecule has 126 valence electrons. The summed E-state index contributed by atoms with van der Waals surface area (Å²) in [6, 6.07) is 13.3. The fourth-order valence-electron chi connectivity index (χ4n) is 3.73. The number of hydrogen-bond acceptors (Lipinski definition) is 4. The Kier molecular flexibility index (Phi) is 4.30. The van der Waals surface area contributed by atoms with Gasteiger partial charge in [-0.2, -0.15) is 0 Å². The predicted molar refractivity (Wildman–Crippen MR) is 122 cm³/mol. The number of rotatable bonds is 2. The van der Waals surface area contributed by atoms with Crippen molar-refractivity contribution in [3.05, 3.63) is 52.9 Å². The van der Waals surface area contributed by atoms with Crippen LogP contribution in [-0.4, -0.2) is 5.66 Å². The fourth-order valence-corrected chi connectivity index (χ4v) is 7.02. The highest BCUT2D eigenvalue weighted by molar-refractivity contribution is 14.1. The molecule has 1 aliphatic heterocycles. The molecule has 1 aliphatic carbocycles. The van der Waals surface area contributed by atoms with Crippen molar-refractivity contribution in [2.24, 2.45) is 9.98 Å². The number of benzene rings is 1. The van der Waals surface area contributed by atoms with E-state index in [2.05, 4.69) is 81.6 Å². The first-order chi connectivity index (χ1) is 12.1. The van der Waals surface area contributed by atoms with Gasteiger partial charge in [0.15, 0.2) is 5.66 Å². The van der Waals surface area contributed by atoms with E-state index in [9.17, 15) is 0 Å². The van der Waals surface area contributed by atoms with Gasteiger partial charge >= 0.3 is 0 Å². The van der Waals surface area contributed by atoms with Gasteiger partial charge in [-0.25, -0.2) is 0 Å². The molecule has 0 saturated heterocycles. The van der Waals surface area contributed by atoms with E-state index in [1.54, 1.807) is 0 Å². The van der Waals surface area contributed by atoms with Gasteiger partial charge in [-0.05, 0) is 95.1 Å². The lowest BCUT2D eigenvalue weighted by molar-refractivity contribution is 0.462. The topological polar surface area (TPSA) is 24.7 Å². The van der Waals surface area contributed by atoms with Crippen LogP contribution in [0.3, 0.4) is 0 Å². The van der Waals surface area contributed by atoms with Crippen LogP contribution in [0.25, 0.3) is 20.9 Å². The molecule has 0 amide bonds. The van der Waals surface area contributed by atoms with Crippen LogP contribution in [0.5, 0.6) is 0 Å². The van der Waals surface area contributed by atoms with Crippen LogP contribution in [-0.2, 0) is 0 Å². The Morgan fingerprint density at radius 2 is 1.20 bits per heavy atom. The van der Waals surface area contributed by atoms with Crippen LogP contribution in [0.2, 0.25) is 0 Å². The number of halogens is 2. The lowest BCUT2D eigenvalue weighted by Gasteiger charge is -2.14. The van der Waals surface area contributed by atoms with Crippen molar-refractivity contribution in [1.29, 1.82) is 0 Å². The molecule has 0 atom stereocenters. The predicted octanol–water partition coefficient (Wildman–Crippen LogP) is 5.88. The van der Waals surface area contributed by atoms with E-state index in [1.165, 1.54) is 39.5 Å². The second-order valence-electron chi connectivity index (χ2n) is 6.48. The minimum atomic E-state index is -0.192. The van der Waals surface area contributed by atoms with Gasteiger partial charge in [0.1, 0.15) is 0 Å². The van der Waals surface area contributed by atoms with Crippen molar-refractivity contribution in [3.8, 4) is 20.9 Å². The van der Waals surface area contributed by atoms with Crippen LogP contribution in [0.4, 0.5) is 0 Å². The quantitative estimate of drug-likeness (QED) is 0.335. The molecule has 0 unspecified atom stereocenters. The minimum Gasteiger partial charge on any atom is -0.253 e. The van der Waals surface area contributed by atoms with Crippen molar-refractivity contribution in [3.63, 3.8) is 0 Å². The Balaban J connectivity index is 1.79. The van der Waals surface area contributed by atoms with E-state index < -0.39 is 0 Å². The third kappa shape index (κ3) is 2.93. The molecule has 3 aromatic rings. The Hall–Kier alpha value is -0.320. The zero-order valence-corrected chi connectivity index (χ0v) is 19.2. The van der Waals surface area contributed by atoms with Gasteiger partial charge < -0.3 is 0 Å². The molecule has 2 aromatic heterocycles. The maximum Gasteiger partial charge on any atom is 0.151 e. The summed E-state index contributed by atoms with van der Waals surface area (Å²) in [5.41, 5.74) is 2.29. The summed E-state index contributed by atoms with van der Waals surface area (Å²) in [5.74, 6) is 0. The van der Waals surface area contributed by atoms with E-state index in [-0.39, 0.29) is 5.66 Å². The lowest BCUT2D eigenvalue weighted by Crippen LogP contribution is -2.25. The molecule has 1 spiro atoms. The first-order valence-corrected chi connectivity index (χ1v) is 12.1. The Bertz CT molecular complexity index is 1010. The highest BCUT2D eigenvalue weighted by Crippen LogP contribution is 2.37. The highest BCUT2D eigenvalue weighted by Gasteiger charge is 2.36. The molecule has 6 heteroatoms. The number of fused-ring (bicyclic) bond motifs is 1. The largest absolute Gasteiger partial charge is 0.253 e. The Labute approximate surface area is 181 Å². The monoisotopic (exact) mass is 588 g/mol. The van der Waals surface area contributed by atoms with Crippen molar-refractivity contribution >= 4 is 67.9 Å². The van der Waals surface area contributed by atoms with Crippen LogP contribution in [0.1, 0.15) is 25.7 Å². The van der Waals surface area contributed by atoms with E-state index in [0.29, 0.717) is 0 Å². The molecular weight excluding hydrogens is 574 g/mol. The maximum absolute atomic E-state index is 5.20. The molecule has 2 nitrogen and oxygen atoms in total. The van der Waals surface area contributed by atoms with Gasteiger partial charge in [-0.3, -0.25) is 9.98 Å². The molecule has 0 N–H and O–H groups in total. The molecule has 1 aromatic carbocycles. The molecule has 0 radical (unpaired) electrons. The molecule has 2 aliphatic rings. The fraction of sp³-hybridized carbons (Fsp3) is 0.263. The Morgan fingerprint density at radius 3 is 1.60 bits per heavy atom. The first-order valence-electron chi connectivity index (χ1n) is 8.28. The maximum atomic E-state index is 5.20. The summed E-state index contributed by atoms with van der Waals surface area (Å²) in [7, 11) is 0. The van der Waals surface area contributed by atoms with E-state index in [4.69, 9.17) is 9.98 Å². The van der Waals surface area contributed by atoms with Gasteiger partial charge in [0.25, 0.3) is 0 Å². The molecule has 0 bridgehead atoms. The Morgan fingerprint density at radius 1 is 0.720 bits per heavy atom. The number of hydrogen-bond donors (Lipinski definition) is 0. The van der Waals surface area contributed by atoms with Gasteiger partial charge in [-0.1, -0.05) is 12.1 Å². The average molecular weight is 588 g/mol. The summed E-state index contributed by atoms with van der Waals surface area (Å²) < 4.78 is 2.62. The molecule has 25 heavy (non-hydrogen) atoms. The third-order valence-electron chi connectivity index (χ3n) is 4.87. The number of thiophene rings is 2. The zero-order valence-electron chi connectivity index (χ0n) is 13.3. The summed E-state index contributed by atoms with van der Waals surface area (Å²) in [6.45, 7) is 0. The smallest absolute Gasteiger partial charge is 0.151 e. The van der Waals surface area contributed by atoms with Crippen LogP contribution in [0.15, 0.2) is 46.4 Å². The van der Waals surface area contributed by atoms with Crippen LogP contribution in [0, 0.1) is 5.77 Å². The molecule has 1 fully saturated rings. The standard InChI is InChI=1S/C19H14I2N2S2/c20-15-7-5-13(24-15)11-3-4-12(14-6-8-16(21)25-14)18-17(11)22-19(23-18)9-1-2-10-19/h3-8H,1-2,9-10H2. The third-order valence-corrected chi connectivity index (χ3v) is 8.73. The zero-order chi connectivity index (χ0) is 17.0. The second kappa shape index (κ2) is 6.38. The SMILES string of the molecule is Ic1ccc(-c2ccc(-c3ccc(I)s3)c3c2=NC2(CCCC2)N=3)s1. The summed E-state index contributed by atoms with van der Waals surface area (Å²) in [5, 5.41) is 2.22. The van der Waals surface area contributed by atoms with Crippen LogP contribution < -0.4 is 10.7 Å². The lowest BCUT2D eigenvalue weighted by atomic mass is 10.1. The van der Waals surface area contributed by atoms with E-state index in [1.807, 2.05) is 22.7 Å². The highest BCUT2D eigenvalue weighted by atomic mass is 127. The molecule has 5 rings (SSSR count). The van der Waals surface area contributed by atoms with Crippen molar-refractivity contribution < 1.29 is 0 Å². The van der Waals surface area contributed by atoms with Gasteiger partial charge in [-0.15, -0.1) is 22.7 Å². The normalized spacial score (nSPS) is 17.5. The van der Waals surface area contributed by atoms with E-state index >= 15 is 0 Å². The van der Waals surface area contributed by atoms with Crippen molar-refractivity contribution in [1.82, 2.24) is 0 Å². The van der Waals surface area contributed by atoms with Gasteiger partial charge in [0.05, 0.1) is 16.5 Å². The summed E-state index contributed by atoms with van der Waals surface area (Å²) >= 11 is 8.44.